The largest absolute Gasteiger partial charge is 0.465 e. The fraction of sp³-hybridized carbons (Fsp3) is 0.0833. The molecule has 0 unspecified atom stereocenters. The Labute approximate surface area is 114 Å². The summed E-state index contributed by atoms with van der Waals surface area (Å²) in [6, 6.07) is 8.56. The third-order valence-corrected chi connectivity index (χ3v) is 2.40. The van der Waals surface area contributed by atoms with Crippen LogP contribution in [0.25, 0.3) is 5.57 Å². The number of H-pyrrole nitrogens is 1. The lowest BCUT2D eigenvalue weighted by atomic mass is 10.2. The molecule has 0 aliphatic heterocycles. The number of benzene rings is 1. The van der Waals surface area contributed by atoms with E-state index in [-0.39, 0.29) is 11.4 Å². The van der Waals surface area contributed by atoms with Gasteiger partial charge in [0, 0.05) is 11.9 Å². The van der Waals surface area contributed by atoms with E-state index in [4.69, 9.17) is 5.26 Å². The number of nitrogens with zero attached hydrogens (tertiary/aromatic N) is 4. The van der Waals surface area contributed by atoms with E-state index in [1.54, 1.807) is 24.3 Å². The Morgan fingerprint density at radius 1 is 1.45 bits per heavy atom. The molecule has 8 nitrogen and oxygen atoms in total. The molecule has 2 aromatic rings. The quantitative estimate of drug-likeness (QED) is 0.627. The zero-order chi connectivity index (χ0) is 14.4. The highest BCUT2D eigenvalue weighted by Gasteiger charge is 2.06. The Balaban J connectivity index is 2.11. The Morgan fingerprint density at radius 2 is 2.20 bits per heavy atom. The predicted octanol–water partition coefficient (Wildman–Crippen LogP) is 0.963. The van der Waals surface area contributed by atoms with Crippen LogP contribution in [0.3, 0.4) is 0 Å². The number of rotatable bonds is 4. The molecular weight excluding hydrogens is 260 g/mol. The standard InChI is InChI=1S/C12H10N6O2/c1-20-12(19)8-2-4-10(5-3-8)14-7-9(6-13)11-15-17-18-16-11/h2-5,7,14H,1H3,(H,15,16,17,18). The van der Waals surface area contributed by atoms with Gasteiger partial charge in [-0.05, 0) is 29.5 Å². The second-order valence-corrected chi connectivity index (χ2v) is 3.62. The molecule has 0 saturated carbocycles. The van der Waals surface area contributed by atoms with Crippen LogP contribution in [0.4, 0.5) is 5.69 Å². The molecule has 8 heteroatoms. The fourth-order valence-electron chi connectivity index (χ4n) is 1.40. The number of tetrazole rings is 1. The molecule has 0 radical (unpaired) electrons. The lowest BCUT2D eigenvalue weighted by Gasteiger charge is -2.03. The van der Waals surface area contributed by atoms with Crippen LogP contribution in [-0.4, -0.2) is 33.7 Å². The van der Waals surface area contributed by atoms with Gasteiger partial charge in [-0.2, -0.15) is 10.5 Å². The maximum atomic E-state index is 11.3. The predicted molar refractivity (Wildman–Crippen MR) is 69.2 cm³/mol. The van der Waals surface area contributed by atoms with Gasteiger partial charge in [0.15, 0.2) is 0 Å². The van der Waals surface area contributed by atoms with Gasteiger partial charge in [0.2, 0.25) is 5.82 Å². The first-order valence-corrected chi connectivity index (χ1v) is 5.53. The van der Waals surface area contributed by atoms with Crippen molar-refractivity contribution >= 4 is 17.2 Å². The number of nitrogens with one attached hydrogen (secondary N) is 2. The topological polar surface area (TPSA) is 117 Å². The molecule has 1 aromatic heterocycles. The maximum absolute atomic E-state index is 11.3. The fourth-order valence-corrected chi connectivity index (χ4v) is 1.40. The zero-order valence-electron chi connectivity index (χ0n) is 10.5. The van der Waals surface area contributed by atoms with Crippen molar-refractivity contribution in [2.45, 2.75) is 0 Å². The first kappa shape index (κ1) is 13.2. The number of carbonyl (C=O) groups excluding carboxylic acids is 1. The van der Waals surface area contributed by atoms with Crippen LogP contribution in [0.15, 0.2) is 30.5 Å². The Morgan fingerprint density at radius 3 is 2.75 bits per heavy atom. The van der Waals surface area contributed by atoms with Crippen LogP contribution in [0, 0.1) is 11.3 Å². The Hall–Kier alpha value is -3.21. The number of hydrogen-bond donors (Lipinski definition) is 2. The normalized spacial score (nSPS) is 10.7. The minimum Gasteiger partial charge on any atom is -0.465 e. The average molecular weight is 270 g/mol. The highest BCUT2D eigenvalue weighted by Crippen LogP contribution is 2.12. The van der Waals surface area contributed by atoms with Gasteiger partial charge in [0.25, 0.3) is 0 Å². The number of ether oxygens (including phenoxy) is 1. The summed E-state index contributed by atoms with van der Waals surface area (Å²) in [5.41, 5.74) is 1.38. The Kier molecular flexibility index (Phi) is 4.04. The molecule has 1 heterocycles. The molecule has 0 amide bonds. The molecule has 0 aliphatic carbocycles. The summed E-state index contributed by atoms with van der Waals surface area (Å²) >= 11 is 0. The van der Waals surface area contributed by atoms with Crippen LogP contribution in [-0.2, 0) is 4.74 Å². The van der Waals surface area contributed by atoms with E-state index in [0.717, 1.165) is 0 Å². The highest BCUT2D eigenvalue weighted by molar-refractivity contribution is 5.89. The molecule has 0 fully saturated rings. The lowest BCUT2D eigenvalue weighted by Crippen LogP contribution is -2.01. The smallest absolute Gasteiger partial charge is 0.337 e. The molecule has 0 saturated heterocycles. The van der Waals surface area contributed by atoms with Crippen LogP contribution in [0.1, 0.15) is 16.2 Å². The lowest BCUT2D eigenvalue weighted by molar-refractivity contribution is 0.0601. The molecule has 2 rings (SSSR count). The van der Waals surface area contributed by atoms with E-state index in [0.29, 0.717) is 11.3 Å². The van der Waals surface area contributed by atoms with E-state index < -0.39 is 5.97 Å². The van der Waals surface area contributed by atoms with Crippen molar-refractivity contribution in [2.75, 3.05) is 12.4 Å². The number of carbonyl (C=O) groups is 1. The van der Waals surface area contributed by atoms with E-state index in [1.165, 1.54) is 13.3 Å². The van der Waals surface area contributed by atoms with E-state index >= 15 is 0 Å². The maximum Gasteiger partial charge on any atom is 0.337 e. The molecule has 1 aromatic carbocycles. The van der Waals surface area contributed by atoms with E-state index in [2.05, 4.69) is 30.7 Å². The molecule has 20 heavy (non-hydrogen) atoms. The number of hydrogen-bond acceptors (Lipinski definition) is 7. The molecule has 0 aliphatic rings. The van der Waals surface area contributed by atoms with Crippen molar-refractivity contribution in [1.82, 2.24) is 20.6 Å². The van der Waals surface area contributed by atoms with Gasteiger partial charge in [0.05, 0.1) is 12.7 Å². The van der Waals surface area contributed by atoms with Crippen LogP contribution in [0.5, 0.6) is 0 Å². The van der Waals surface area contributed by atoms with Gasteiger partial charge in [0.1, 0.15) is 11.6 Å². The third-order valence-electron chi connectivity index (χ3n) is 2.40. The van der Waals surface area contributed by atoms with Gasteiger partial charge >= 0.3 is 5.97 Å². The van der Waals surface area contributed by atoms with Gasteiger partial charge in [-0.1, -0.05) is 0 Å². The number of allylic oxidation sites excluding steroid dienone is 1. The average Bonchev–Trinajstić information content (AvgIpc) is 3.02. The molecule has 2 N–H and O–H groups in total. The van der Waals surface area contributed by atoms with Crippen molar-refractivity contribution < 1.29 is 9.53 Å². The number of methoxy groups -OCH3 is 1. The van der Waals surface area contributed by atoms with Crippen molar-refractivity contribution in [1.29, 1.82) is 5.26 Å². The minimum absolute atomic E-state index is 0.200. The summed E-state index contributed by atoms with van der Waals surface area (Å²) in [6.45, 7) is 0. The SMILES string of the molecule is COC(=O)c1ccc(NC=C(C#N)c2nn[nH]n2)cc1. The van der Waals surface area contributed by atoms with Crippen LogP contribution >= 0.6 is 0 Å². The summed E-state index contributed by atoms with van der Waals surface area (Å²) in [4.78, 5) is 11.3. The summed E-state index contributed by atoms with van der Waals surface area (Å²) in [6.07, 6.45) is 1.46. The van der Waals surface area contributed by atoms with Gasteiger partial charge < -0.3 is 10.1 Å². The molecule has 100 valence electrons. The van der Waals surface area contributed by atoms with Gasteiger partial charge in [-0.15, -0.1) is 10.2 Å². The van der Waals surface area contributed by atoms with Crippen molar-refractivity contribution in [3.05, 3.63) is 41.9 Å². The molecule has 0 spiro atoms. The first-order valence-electron chi connectivity index (χ1n) is 5.53. The minimum atomic E-state index is -0.406. The number of aromatic nitrogens is 4. The van der Waals surface area contributed by atoms with Crippen molar-refractivity contribution in [3.8, 4) is 6.07 Å². The monoisotopic (exact) mass is 270 g/mol. The summed E-state index contributed by atoms with van der Waals surface area (Å²) in [5, 5.41) is 25.0. The van der Waals surface area contributed by atoms with Crippen LogP contribution < -0.4 is 5.32 Å². The summed E-state index contributed by atoms with van der Waals surface area (Å²) in [7, 11) is 1.32. The second-order valence-electron chi connectivity index (χ2n) is 3.62. The highest BCUT2D eigenvalue weighted by atomic mass is 16.5. The molecule has 0 atom stereocenters. The van der Waals surface area contributed by atoms with Crippen LogP contribution in [0.2, 0.25) is 0 Å². The zero-order valence-corrected chi connectivity index (χ0v) is 10.5. The van der Waals surface area contributed by atoms with Gasteiger partial charge in [-0.3, -0.25) is 0 Å². The molecule has 0 bridgehead atoms. The number of esters is 1. The Bertz CT molecular complexity index is 654. The summed E-state index contributed by atoms with van der Waals surface area (Å²) in [5.74, 6) is -0.206. The van der Waals surface area contributed by atoms with Crippen molar-refractivity contribution in [3.63, 3.8) is 0 Å². The van der Waals surface area contributed by atoms with E-state index in [1.807, 2.05) is 6.07 Å². The number of aromatic amines is 1. The third kappa shape index (κ3) is 2.97. The number of anilines is 1. The molecular formula is C12H10N6O2. The summed E-state index contributed by atoms with van der Waals surface area (Å²) < 4.78 is 4.60. The van der Waals surface area contributed by atoms with Crippen molar-refractivity contribution in [2.24, 2.45) is 0 Å². The van der Waals surface area contributed by atoms with Gasteiger partial charge in [-0.25, -0.2) is 4.79 Å². The van der Waals surface area contributed by atoms with E-state index in [9.17, 15) is 4.79 Å². The second kappa shape index (κ2) is 6.10. The first-order chi connectivity index (χ1) is 9.74. The number of nitriles is 1.